The maximum absolute atomic E-state index is 12.6. The van der Waals surface area contributed by atoms with Gasteiger partial charge in [0.25, 0.3) is 5.91 Å². The van der Waals surface area contributed by atoms with Crippen LogP contribution in [0.2, 0.25) is 0 Å². The number of carbonyl (C=O) groups excluding carboxylic acids is 1. The number of nitrogens with zero attached hydrogens (tertiary/aromatic N) is 1. The summed E-state index contributed by atoms with van der Waals surface area (Å²) < 4.78 is 0. The highest BCUT2D eigenvalue weighted by molar-refractivity contribution is 5.96. The van der Waals surface area contributed by atoms with Gasteiger partial charge in [-0.05, 0) is 56.9 Å². The Morgan fingerprint density at radius 3 is 2.78 bits per heavy atom. The molecule has 98 valence electrons. The predicted octanol–water partition coefficient (Wildman–Crippen LogP) is 2.98. The molecule has 2 N–H and O–H groups in total. The zero-order valence-corrected chi connectivity index (χ0v) is 11.4. The molecule has 2 rings (SSSR count). The largest absolute Gasteiger partial charge is 0.399 e. The molecule has 0 bridgehead atoms. The molecule has 1 amide bonds. The number of hydrogen-bond donors (Lipinski definition) is 1. The minimum Gasteiger partial charge on any atom is -0.399 e. The predicted molar refractivity (Wildman–Crippen MR) is 74.5 cm³/mol. The van der Waals surface area contributed by atoms with Crippen molar-refractivity contribution in [3.8, 4) is 0 Å². The molecule has 2 unspecified atom stereocenters. The summed E-state index contributed by atoms with van der Waals surface area (Å²) in [6.07, 6.45) is 3.26. The van der Waals surface area contributed by atoms with Gasteiger partial charge < -0.3 is 10.6 Å². The summed E-state index contributed by atoms with van der Waals surface area (Å²) in [7, 11) is 0. The van der Waals surface area contributed by atoms with Crippen molar-refractivity contribution < 1.29 is 4.79 Å². The first-order chi connectivity index (χ1) is 8.54. The van der Waals surface area contributed by atoms with E-state index in [1.54, 1.807) is 0 Å². The summed E-state index contributed by atoms with van der Waals surface area (Å²) in [5.74, 6) is 0.157. The van der Waals surface area contributed by atoms with Crippen LogP contribution in [-0.4, -0.2) is 22.9 Å². The zero-order valence-electron chi connectivity index (χ0n) is 11.4. The maximum atomic E-state index is 12.6. The fourth-order valence-corrected chi connectivity index (χ4v) is 2.90. The summed E-state index contributed by atoms with van der Waals surface area (Å²) in [5, 5.41) is 0. The molecule has 18 heavy (non-hydrogen) atoms. The molecule has 1 saturated heterocycles. The van der Waals surface area contributed by atoms with Gasteiger partial charge in [0.1, 0.15) is 0 Å². The van der Waals surface area contributed by atoms with Crippen molar-refractivity contribution in [1.82, 2.24) is 4.90 Å². The minimum absolute atomic E-state index is 0.157. The third-order valence-corrected chi connectivity index (χ3v) is 3.97. The number of aryl methyl sites for hydroxylation is 1. The van der Waals surface area contributed by atoms with Gasteiger partial charge in [-0.15, -0.1) is 0 Å². The monoisotopic (exact) mass is 246 g/mol. The number of hydrogen-bond acceptors (Lipinski definition) is 2. The van der Waals surface area contributed by atoms with E-state index in [9.17, 15) is 4.79 Å². The van der Waals surface area contributed by atoms with E-state index in [1.807, 2.05) is 25.1 Å². The third kappa shape index (κ3) is 2.22. The van der Waals surface area contributed by atoms with Gasteiger partial charge in [0, 0.05) is 23.3 Å². The summed E-state index contributed by atoms with van der Waals surface area (Å²) in [6, 6.07) is 6.27. The molecule has 1 aliphatic rings. The molecule has 1 fully saturated rings. The van der Waals surface area contributed by atoms with Crippen LogP contribution < -0.4 is 5.73 Å². The number of anilines is 1. The molecular formula is C15H22N2O. The van der Waals surface area contributed by atoms with Crippen molar-refractivity contribution in [3.05, 3.63) is 29.3 Å². The van der Waals surface area contributed by atoms with Crippen LogP contribution in [0.5, 0.6) is 0 Å². The Bertz CT molecular complexity index is 456. The molecule has 3 nitrogen and oxygen atoms in total. The SMILES string of the molecule is CCC1CCC(C)N1C(=O)c1ccc(N)cc1C. The van der Waals surface area contributed by atoms with E-state index in [-0.39, 0.29) is 5.91 Å². The van der Waals surface area contributed by atoms with Crippen molar-refractivity contribution in [2.45, 2.75) is 52.1 Å². The van der Waals surface area contributed by atoms with Gasteiger partial charge in [-0.3, -0.25) is 4.79 Å². The van der Waals surface area contributed by atoms with Crippen LogP contribution in [0.4, 0.5) is 5.69 Å². The first-order valence-electron chi connectivity index (χ1n) is 6.73. The Labute approximate surface area is 109 Å². The highest BCUT2D eigenvalue weighted by atomic mass is 16.2. The summed E-state index contributed by atoms with van der Waals surface area (Å²) in [5.41, 5.74) is 8.21. The van der Waals surface area contributed by atoms with Crippen LogP contribution in [-0.2, 0) is 0 Å². The normalized spacial score (nSPS) is 23.4. The van der Waals surface area contributed by atoms with E-state index in [2.05, 4.69) is 18.7 Å². The number of amides is 1. The number of rotatable bonds is 2. The topological polar surface area (TPSA) is 46.3 Å². The van der Waals surface area contributed by atoms with E-state index in [0.717, 1.165) is 30.4 Å². The van der Waals surface area contributed by atoms with E-state index >= 15 is 0 Å². The number of nitrogen functional groups attached to an aromatic ring is 1. The van der Waals surface area contributed by atoms with Crippen LogP contribution in [0.1, 0.15) is 49.0 Å². The number of carbonyl (C=O) groups is 1. The number of benzene rings is 1. The second-order valence-corrected chi connectivity index (χ2v) is 5.28. The molecule has 0 saturated carbocycles. The molecule has 0 aromatic heterocycles. The molecule has 1 aliphatic heterocycles. The quantitative estimate of drug-likeness (QED) is 0.815. The van der Waals surface area contributed by atoms with Gasteiger partial charge in [-0.1, -0.05) is 6.92 Å². The van der Waals surface area contributed by atoms with Gasteiger partial charge in [0.05, 0.1) is 0 Å². The summed E-state index contributed by atoms with van der Waals surface area (Å²) in [4.78, 5) is 14.7. The molecule has 0 aliphatic carbocycles. The van der Waals surface area contributed by atoms with Crippen molar-refractivity contribution in [2.75, 3.05) is 5.73 Å². The van der Waals surface area contributed by atoms with Gasteiger partial charge in [0.15, 0.2) is 0 Å². The van der Waals surface area contributed by atoms with Gasteiger partial charge in [-0.25, -0.2) is 0 Å². The molecule has 1 aromatic rings. The highest BCUT2D eigenvalue weighted by Crippen LogP contribution is 2.28. The van der Waals surface area contributed by atoms with E-state index in [1.165, 1.54) is 0 Å². The van der Waals surface area contributed by atoms with Crippen molar-refractivity contribution >= 4 is 11.6 Å². The molecule has 1 heterocycles. The molecule has 1 aromatic carbocycles. The molecule has 0 spiro atoms. The molecule has 2 atom stereocenters. The van der Waals surface area contributed by atoms with E-state index in [4.69, 9.17) is 5.73 Å². The number of nitrogens with two attached hydrogens (primary N) is 1. The van der Waals surface area contributed by atoms with E-state index in [0.29, 0.717) is 17.8 Å². The van der Waals surface area contributed by atoms with Crippen LogP contribution in [0.25, 0.3) is 0 Å². The van der Waals surface area contributed by atoms with Crippen LogP contribution in [0.15, 0.2) is 18.2 Å². The van der Waals surface area contributed by atoms with Gasteiger partial charge in [-0.2, -0.15) is 0 Å². The first-order valence-corrected chi connectivity index (χ1v) is 6.73. The van der Waals surface area contributed by atoms with Crippen LogP contribution >= 0.6 is 0 Å². The van der Waals surface area contributed by atoms with Crippen molar-refractivity contribution in [3.63, 3.8) is 0 Å². The van der Waals surface area contributed by atoms with Crippen LogP contribution in [0, 0.1) is 6.92 Å². The zero-order chi connectivity index (χ0) is 13.3. The summed E-state index contributed by atoms with van der Waals surface area (Å²) in [6.45, 7) is 6.24. The van der Waals surface area contributed by atoms with E-state index < -0.39 is 0 Å². The standard InChI is InChI=1S/C15H22N2O/c1-4-13-7-5-11(3)17(13)15(18)14-8-6-12(16)9-10(14)2/h6,8-9,11,13H,4-5,7,16H2,1-3H3. The lowest BCUT2D eigenvalue weighted by Crippen LogP contribution is -2.40. The average molecular weight is 246 g/mol. The lowest BCUT2D eigenvalue weighted by Gasteiger charge is -2.28. The Kier molecular flexibility index (Phi) is 3.60. The fourth-order valence-electron chi connectivity index (χ4n) is 2.90. The highest BCUT2D eigenvalue weighted by Gasteiger charge is 2.33. The Balaban J connectivity index is 2.30. The maximum Gasteiger partial charge on any atom is 0.254 e. The second kappa shape index (κ2) is 5.01. The molecule has 3 heteroatoms. The first kappa shape index (κ1) is 12.9. The smallest absolute Gasteiger partial charge is 0.254 e. The third-order valence-electron chi connectivity index (χ3n) is 3.97. The lowest BCUT2D eigenvalue weighted by atomic mass is 10.1. The van der Waals surface area contributed by atoms with Crippen LogP contribution in [0.3, 0.4) is 0 Å². The van der Waals surface area contributed by atoms with Gasteiger partial charge >= 0.3 is 0 Å². The molecule has 0 radical (unpaired) electrons. The van der Waals surface area contributed by atoms with Crippen molar-refractivity contribution in [2.24, 2.45) is 0 Å². The number of likely N-dealkylation sites (tertiary alicyclic amines) is 1. The lowest BCUT2D eigenvalue weighted by molar-refractivity contribution is 0.0675. The molecular weight excluding hydrogens is 224 g/mol. The minimum atomic E-state index is 0.157. The fraction of sp³-hybridized carbons (Fsp3) is 0.533. The van der Waals surface area contributed by atoms with Crippen molar-refractivity contribution in [1.29, 1.82) is 0 Å². The Morgan fingerprint density at radius 1 is 1.44 bits per heavy atom. The Hall–Kier alpha value is -1.51. The Morgan fingerprint density at radius 2 is 2.17 bits per heavy atom. The second-order valence-electron chi connectivity index (χ2n) is 5.28. The average Bonchev–Trinajstić information content (AvgIpc) is 2.69. The summed E-state index contributed by atoms with van der Waals surface area (Å²) >= 11 is 0. The van der Waals surface area contributed by atoms with Gasteiger partial charge in [0.2, 0.25) is 0 Å².